The monoisotopic (exact) mass is 212 g/mol. The van der Waals surface area contributed by atoms with Gasteiger partial charge >= 0.3 is 12.1 Å². The molecular weight excluding hydrogens is 208 g/mol. The number of carboxylic acid groups (broad SMARTS) is 1. The Bertz CT molecular complexity index is 346. The number of rotatable bonds is 2. The number of carboxylic acids is 1. The molecule has 1 aromatic heterocycles. The SMILES string of the molecule is O=C(O)c1cc(C(F)C(F)(F)F)[nH]n1. The van der Waals surface area contributed by atoms with Crippen LogP contribution in [0.4, 0.5) is 17.6 Å². The van der Waals surface area contributed by atoms with Gasteiger partial charge in [-0.15, -0.1) is 0 Å². The van der Waals surface area contributed by atoms with Crippen molar-refractivity contribution in [1.29, 1.82) is 0 Å². The molecule has 0 saturated heterocycles. The van der Waals surface area contributed by atoms with E-state index in [1.165, 1.54) is 0 Å². The topological polar surface area (TPSA) is 66.0 Å². The number of H-pyrrole nitrogens is 1. The molecule has 0 aliphatic heterocycles. The van der Waals surface area contributed by atoms with Gasteiger partial charge in [-0.1, -0.05) is 0 Å². The molecule has 0 spiro atoms. The second-order valence-corrected chi connectivity index (χ2v) is 2.42. The van der Waals surface area contributed by atoms with Crippen LogP contribution in [-0.4, -0.2) is 27.4 Å². The average Bonchev–Trinajstić information content (AvgIpc) is 2.48. The Kier molecular flexibility index (Phi) is 2.45. The Morgan fingerprint density at radius 3 is 2.50 bits per heavy atom. The van der Waals surface area contributed by atoms with Crippen molar-refractivity contribution in [2.24, 2.45) is 0 Å². The minimum Gasteiger partial charge on any atom is -0.476 e. The second kappa shape index (κ2) is 3.28. The van der Waals surface area contributed by atoms with Crippen LogP contribution in [-0.2, 0) is 0 Å². The highest BCUT2D eigenvalue weighted by Crippen LogP contribution is 2.34. The first kappa shape index (κ1) is 10.5. The van der Waals surface area contributed by atoms with Gasteiger partial charge < -0.3 is 5.11 Å². The zero-order valence-electron chi connectivity index (χ0n) is 6.47. The van der Waals surface area contributed by atoms with Crippen LogP contribution in [0.25, 0.3) is 0 Å². The number of nitrogens with zero attached hydrogens (tertiary/aromatic N) is 1. The van der Waals surface area contributed by atoms with Crippen molar-refractivity contribution in [1.82, 2.24) is 10.2 Å². The van der Waals surface area contributed by atoms with Crippen molar-refractivity contribution in [2.45, 2.75) is 12.3 Å². The van der Waals surface area contributed by atoms with Gasteiger partial charge in [-0.05, 0) is 6.07 Å². The number of hydrogen-bond acceptors (Lipinski definition) is 2. The van der Waals surface area contributed by atoms with Gasteiger partial charge in [0.2, 0.25) is 6.17 Å². The van der Waals surface area contributed by atoms with Gasteiger partial charge in [-0.3, -0.25) is 5.10 Å². The number of nitrogens with one attached hydrogen (secondary N) is 1. The summed E-state index contributed by atoms with van der Waals surface area (Å²) < 4.78 is 47.9. The van der Waals surface area contributed by atoms with Crippen molar-refractivity contribution in [3.8, 4) is 0 Å². The Morgan fingerprint density at radius 2 is 2.14 bits per heavy atom. The number of carbonyl (C=O) groups is 1. The van der Waals surface area contributed by atoms with Gasteiger partial charge in [0.15, 0.2) is 5.69 Å². The lowest BCUT2D eigenvalue weighted by Gasteiger charge is -2.09. The third-order valence-electron chi connectivity index (χ3n) is 1.38. The third-order valence-corrected chi connectivity index (χ3v) is 1.38. The number of aromatic carboxylic acids is 1. The fourth-order valence-corrected chi connectivity index (χ4v) is 0.752. The lowest BCUT2D eigenvalue weighted by molar-refractivity contribution is -0.183. The van der Waals surface area contributed by atoms with Gasteiger partial charge in [0.1, 0.15) is 0 Å². The molecule has 0 fully saturated rings. The molecule has 1 unspecified atom stereocenters. The van der Waals surface area contributed by atoms with Crippen molar-refractivity contribution >= 4 is 5.97 Å². The van der Waals surface area contributed by atoms with E-state index < -0.39 is 29.7 Å². The summed E-state index contributed by atoms with van der Waals surface area (Å²) in [6.07, 6.45) is -8.31. The lowest BCUT2D eigenvalue weighted by atomic mass is 10.2. The van der Waals surface area contributed by atoms with Crippen LogP contribution in [0, 0.1) is 0 Å². The summed E-state index contributed by atoms with van der Waals surface area (Å²) in [7, 11) is 0. The van der Waals surface area contributed by atoms with Gasteiger partial charge in [0.05, 0.1) is 5.69 Å². The first-order valence-electron chi connectivity index (χ1n) is 3.31. The molecule has 0 amide bonds. The highest BCUT2D eigenvalue weighted by atomic mass is 19.4. The summed E-state index contributed by atoms with van der Waals surface area (Å²) in [4.78, 5) is 10.2. The first-order chi connectivity index (χ1) is 6.32. The molecule has 1 heterocycles. The van der Waals surface area contributed by atoms with E-state index in [9.17, 15) is 22.4 Å². The van der Waals surface area contributed by atoms with Crippen LogP contribution >= 0.6 is 0 Å². The molecule has 2 N–H and O–H groups in total. The van der Waals surface area contributed by atoms with E-state index in [0.29, 0.717) is 6.07 Å². The van der Waals surface area contributed by atoms with Gasteiger partial charge in [-0.25, -0.2) is 9.18 Å². The largest absolute Gasteiger partial charge is 0.476 e. The number of alkyl halides is 4. The Morgan fingerprint density at radius 1 is 1.57 bits per heavy atom. The minimum atomic E-state index is -5.07. The summed E-state index contributed by atoms with van der Waals surface area (Å²) in [5.74, 6) is -1.53. The molecule has 0 aliphatic rings. The van der Waals surface area contributed by atoms with E-state index in [-0.39, 0.29) is 0 Å². The van der Waals surface area contributed by atoms with E-state index in [1.54, 1.807) is 5.10 Å². The fraction of sp³-hybridized carbons (Fsp3) is 0.333. The maximum Gasteiger partial charge on any atom is 0.425 e. The maximum atomic E-state index is 12.5. The fourth-order valence-electron chi connectivity index (χ4n) is 0.752. The van der Waals surface area contributed by atoms with Crippen LogP contribution in [0.5, 0.6) is 0 Å². The summed E-state index contributed by atoms with van der Waals surface area (Å²) >= 11 is 0. The quantitative estimate of drug-likeness (QED) is 0.733. The van der Waals surface area contributed by atoms with E-state index in [4.69, 9.17) is 5.11 Å². The number of hydrogen-bond donors (Lipinski definition) is 2. The number of aromatic nitrogens is 2. The molecule has 1 aromatic rings. The Balaban J connectivity index is 2.92. The molecule has 1 atom stereocenters. The summed E-state index contributed by atoms with van der Waals surface area (Å²) in [6.45, 7) is 0. The lowest BCUT2D eigenvalue weighted by Crippen LogP contribution is -2.16. The predicted molar refractivity (Wildman–Crippen MR) is 35.5 cm³/mol. The molecule has 0 bridgehead atoms. The van der Waals surface area contributed by atoms with E-state index in [1.807, 2.05) is 0 Å². The summed E-state index contributed by atoms with van der Waals surface area (Å²) in [5.41, 5.74) is -1.58. The normalized spacial score (nSPS) is 14.0. The molecule has 0 aromatic carbocycles. The van der Waals surface area contributed by atoms with Crippen molar-refractivity contribution < 1.29 is 27.5 Å². The van der Waals surface area contributed by atoms with Gasteiger partial charge in [-0.2, -0.15) is 18.3 Å². The predicted octanol–water partition coefficient (Wildman–Crippen LogP) is 1.68. The zero-order chi connectivity index (χ0) is 10.9. The molecular formula is C6H4F4N2O2. The Labute approximate surface area is 74.5 Å². The van der Waals surface area contributed by atoms with Crippen LogP contribution in [0.15, 0.2) is 6.07 Å². The highest BCUT2D eigenvalue weighted by molar-refractivity contribution is 5.85. The summed E-state index contributed by atoms with van der Waals surface area (Å²) in [6, 6.07) is 0.500. The molecule has 0 radical (unpaired) electrons. The minimum absolute atomic E-state index is 0.500. The highest BCUT2D eigenvalue weighted by Gasteiger charge is 2.42. The van der Waals surface area contributed by atoms with Crippen molar-refractivity contribution in [3.63, 3.8) is 0 Å². The van der Waals surface area contributed by atoms with Gasteiger partial charge in [0, 0.05) is 0 Å². The van der Waals surface area contributed by atoms with Crippen LogP contribution in [0.1, 0.15) is 22.4 Å². The van der Waals surface area contributed by atoms with Crippen LogP contribution in [0.2, 0.25) is 0 Å². The first-order valence-corrected chi connectivity index (χ1v) is 3.31. The average molecular weight is 212 g/mol. The third kappa shape index (κ3) is 2.01. The standard InChI is InChI=1S/C6H4F4N2O2/c7-4(6(8,9)10)2-1-3(5(13)14)12-11-2/h1,4H,(H,11,12)(H,13,14). The molecule has 0 aliphatic carbocycles. The second-order valence-electron chi connectivity index (χ2n) is 2.42. The van der Waals surface area contributed by atoms with Gasteiger partial charge in [0.25, 0.3) is 0 Å². The molecule has 78 valence electrons. The maximum absolute atomic E-state index is 12.5. The molecule has 1 rings (SSSR count). The molecule has 4 nitrogen and oxygen atoms in total. The zero-order valence-corrected chi connectivity index (χ0v) is 6.47. The van der Waals surface area contributed by atoms with Crippen LogP contribution in [0.3, 0.4) is 0 Å². The molecule has 14 heavy (non-hydrogen) atoms. The number of aromatic amines is 1. The van der Waals surface area contributed by atoms with Crippen molar-refractivity contribution in [2.75, 3.05) is 0 Å². The van der Waals surface area contributed by atoms with Crippen molar-refractivity contribution in [3.05, 3.63) is 17.5 Å². The molecule has 0 saturated carbocycles. The van der Waals surface area contributed by atoms with E-state index in [2.05, 4.69) is 5.10 Å². The smallest absolute Gasteiger partial charge is 0.425 e. The summed E-state index contributed by atoms with van der Waals surface area (Å²) in [5, 5.41) is 12.9. The van der Waals surface area contributed by atoms with E-state index >= 15 is 0 Å². The number of halogens is 4. The van der Waals surface area contributed by atoms with E-state index in [0.717, 1.165) is 0 Å². The molecule has 8 heteroatoms. The van der Waals surface area contributed by atoms with Crippen LogP contribution < -0.4 is 0 Å². The Hall–Kier alpha value is -1.60.